The van der Waals surface area contributed by atoms with Gasteiger partial charge in [-0.1, -0.05) is 54.6 Å². The molecule has 0 aliphatic rings. The van der Waals surface area contributed by atoms with Crippen LogP contribution in [-0.2, 0) is 26.5 Å². The van der Waals surface area contributed by atoms with E-state index in [1.807, 2.05) is 0 Å². The van der Waals surface area contributed by atoms with E-state index in [9.17, 15) is 20.0 Å². The second-order valence-corrected chi connectivity index (χ2v) is 6.95. The minimum Gasteiger partial charge on any atom is -0.497 e. The van der Waals surface area contributed by atoms with E-state index in [1.165, 1.54) is 25.3 Å². The molecule has 32 heavy (non-hydrogen) atoms. The van der Waals surface area contributed by atoms with Crippen LogP contribution in [0.5, 0.6) is 5.75 Å². The third kappa shape index (κ3) is 4.46. The zero-order valence-corrected chi connectivity index (χ0v) is 17.6. The summed E-state index contributed by atoms with van der Waals surface area (Å²) in [5.41, 5.74) is -1.46. The first-order chi connectivity index (χ1) is 15.4. The number of aliphatic hydroxyl groups is 1. The van der Waals surface area contributed by atoms with Gasteiger partial charge in [0, 0.05) is 6.07 Å². The number of methoxy groups -OCH3 is 2. The fourth-order valence-electron chi connectivity index (χ4n) is 3.47. The second kappa shape index (κ2) is 10.0. The van der Waals surface area contributed by atoms with Crippen molar-refractivity contribution in [2.24, 2.45) is 0 Å². The van der Waals surface area contributed by atoms with Crippen LogP contribution in [0.3, 0.4) is 0 Å². The molecular formula is C24H23NO7. The summed E-state index contributed by atoms with van der Waals surface area (Å²) in [6.07, 6.45) is -1.72. The Morgan fingerprint density at radius 3 is 2.22 bits per heavy atom. The molecule has 166 valence electrons. The molecule has 0 amide bonds. The first-order valence-corrected chi connectivity index (χ1v) is 9.76. The zero-order valence-electron chi connectivity index (χ0n) is 17.6. The molecule has 0 unspecified atom stereocenters. The van der Waals surface area contributed by atoms with Gasteiger partial charge in [0.15, 0.2) is 0 Å². The number of ether oxygens (including phenoxy) is 3. The number of nitro groups is 1. The number of esters is 1. The van der Waals surface area contributed by atoms with Crippen LogP contribution in [-0.4, -0.2) is 30.2 Å². The maximum atomic E-state index is 13.2. The SMILES string of the molecule is COC(=O)[C@](OCc1ccc(OC)cc1)(c1ccccc1)[C@@H](O)c1ccccc1[N+](=O)[O-]. The molecule has 2 atom stereocenters. The fraction of sp³-hybridized carbons (Fsp3) is 0.208. The predicted octanol–water partition coefficient (Wildman–Crippen LogP) is 3.92. The molecule has 0 saturated carbocycles. The maximum Gasteiger partial charge on any atom is 0.346 e. The smallest absolute Gasteiger partial charge is 0.346 e. The number of hydrogen-bond acceptors (Lipinski definition) is 7. The van der Waals surface area contributed by atoms with Crippen molar-refractivity contribution in [1.29, 1.82) is 0 Å². The van der Waals surface area contributed by atoms with Gasteiger partial charge >= 0.3 is 5.97 Å². The van der Waals surface area contributed by atoms with Gasteiger partial charge in [-0.05, 0) is 29.3 Å². The topological polar surface area (TPSA) is 108 Å². The highest BCUT2D eigenvalue weighted by molar-refractivity contribution is 5.83. The largest absolute Gasteiger partial charge is 0.497 e. The zero-order chi connectivity index (χ0) is 23.1. The van der Waals surface area contributed by atoms with Gasteiger partial charge in [0.2, 0.25) is 5.60 Å². The Bertz CT molecular complexity index is 1070. The number of carbonyl (C=O) groups excluding carboxylic acids is 1. The summed E-state index contributed by atoms with van der Waals surface area (Å²) < 4.78 is 16.3. The third-order valence-corrected chi connectivity index (χ3v) is 5.13. The second-order valence-electron chi connectivity index (χ2n) is 6.95. The van der Waals surface area contributed by atoms with Gasteiger partial charge in [0.1, 0.15) is 11.9 Å². The molecule has 3 aromatic carbocycles. The third-order valence-electron chi connectivity index (χ3n) is 5.13. The lowest BCUT2D eigenvalue weighted by Gasteiger charge is -2.35. The highest BCUT2D eigenvalue weighted by Gasteiger charge is 2.52. The standard InChI is InChI=1S/C24H23NO7/c1-30-19-14-12-17(13-15-19)16-32-24(23(27)31-2,18-8-4-3-5-9-18)22(26)20-10-6-7-11-21(20)25(28)29/h3-15,22,26H,16H2,1-2H3/t22-,24-/m0/s1. The van der Waals surface area contributed by atoms with Crippen LogP contribution < -0.4 is 4.74 Å². The Morgan fingerprint density at radius 2 is 1.62 bits per heavy atom. The number of nitro benzene ring substituents is 1. The average molecular weight is 437 g/mol. The number of nitrogens with zero attached hydrogens (tertiary/aromatic N) is 1. The number of aliphatic hydroxyl groups excluding tert-OH is 1. The van der Waals surface area contributed by atoms with Gasteiger partial charge in [-0.15, -0.1) is 0 Å². The quantitative estimate of drug-likeness (QED) is 0.307. The maximum absolute atomic E-state index is 13.2. The predicted molar refractivity (Wildman–Crippen MR) is 116 cm³/mol. The van der Waals surface area contributed by atoms with Crippen molar-refractivity contribution in [3.8, 4) is 5.75 Å². The Morgan fingerprint density at radius 1 is 1.00 bits per heavy atom. The number of hydrogen-bond donors (Lipinski definition) is 1. The van der Waals surface area contributed by atoms with Gasteiger partial charge in [-0.25, -0.2) is 4.79 Å². The van der Waals surface area contributed by atoms with Crippen LogP contribution in [0.1, 0.15) is 22.8 Å². The fourth-order valence-corrected chi connectivity index (χ4v) is 3.47. The first kappa shape index (κ1) is 22.9. The number of para-hydroxylation sites is 1. The molecule has 0 spiro atoms. The summed E-state index contributed by atoms with van der Waals surface area (Å²) in [5, 5.41) is 23.0. The van der Waals surface area contributed by atoms with Crippen molar-refractivity contribution in [3.05, 3.63) is 106 Å². The molecule has 3 rings (SSSR count). The Hall–Kier alpha value is -3.75. The molecule has 0 heterocycles. The molecule has 0 saturated heterocycles. The van der Waals surface area contributed by atoms with E-state index in [1.54, 1.807) is 67.8 Å². The average Bonchev–Trinajstić information content (AvgIpc) is 2.85. The van der Waals surface area contributed by atoms with Crippen molar-refractivity contribution < 1.29 is 29.0 Å². The number of benzene rings is 3. The van der Waals surface area contributed by atoms with Gasteiger partial charge in [0.05, 0.1) is 31.3 Å². The van der Waals surface area contributed by atoms with Crippen LogP contribution in [0.2, 0.25) is 0 Å². The van der Waals surface area contributed by atoms with Crippen molar-refractivity contribution in [2.75, 3.05) is 14.2 Å². The summed E-state index contributed by atoms with van der Waals surface area (Å²) in [5.74, 6) is -0.237. The molecule has 1 N–H and O–H groups in total. The summed E-state index contributed by atoms with van der Waals surface area (Å²) >= 11 is 0. The molecule has 3 aromatic rings. The van der Waals surface area contributed by atoms with Crippen LogP contribution in [0.15, 0.2) is 78.9 Å². The minimum atomic E-state index is -2.05. The molecule has 0 radical (unpaired) electrons. The van der Waals surface area contributed by atoms with Crippen LogP contribution in [0, 0.1) is 10.1 Å². The summed E-state index contributed by atoms with van der Waals surface area (Å²) in [4.78, 5) is 24.1. The molecule has 0 bridgehead atoms. The Labute approximate surface area is 185 Å². The minimum absolute atomic E-state index is 0.0681. The van der Waals surface area contributed by atoms with Crippen molar-refractivity contribution in [1.82, 2.24) is 0 Å². The van der Waals surface area contributed by atoms with Crippen LogP contribution in [0.25, 0.3) is 0 Å². The Balaban J connectivity index is 2.13. The summed E-state index contributed by atoms with van der Waals surface area (Å²) in [7, 11) is 2.72. The molecule has 8 nitrogen and oxygen atoms in total. The molecular weight excluding hydrogens is 414 g/mol. The van der Waals surface area contributed by atoms with Gasteiger partial charge < -0.3 is 19.3 Å². The molecule has 8 heteroatoms. The van der Waals surface area contributed by atoms with Gasteiger partial charge in [0.25, 0.3) is 5.69 Å². The number of rotatable bonds is 9. The Kier molecular flexibility index (Phi) is 7.19. The van der Waals surface area contributed by atoms with E-state index in [0.29, 0.717) is 16.9 Å². The van der Waals surface area contributed by atoms with Crippen molar-refractivity contribution >= 4 is 11.7 Å². The van der Waals surface area contributed by atoms with E-state index in [4.69, 9.17) is 14.2 Å². The monoisotopic (exact) mass is 437 g/mol. The van der Waals surface area contributed by atoms with E-state index < -0.39 is 22.6 Å². The van der Waals surface area contributed by atoms with Crippen molar-refractivity contribution in [3.63, 3.8) is 0 Å². The van der Waals surface area contributed by atoms with Crippen molar-refractivity contribution in [2.45, 2.75) is 18.3 Å². The van der Waals surface area contributed by atoms with E-state index >= 15 is 0 Å². The highest BCUT2D eigenvalue weighted by atomic mass is 16.6. The first-order valence-electron chi connectivity index (χ1n) is 9.76. The lowest BCUT2D eigenvalue weighted by atomic mass is 9.83. The molecule has 0 fully saturated rings. The molecule has 0 aliphatic heterocycles. The van der Waals surface area contributed by atoms with Gasteiger partial charge in [-0.2, -0.15) is 0 Å². The van der Waals surface area contributed by atoms with E-state index in [-0.39, 0.29) is 17.9 Å². The van der Waals surface area contributed by atoms with E-state index in [2.05, 4.69) is 0 Å². The lowest BCUT2D eigenvalue weighted by molar-refractivity contribution is -0.386. The van der Waals surface area contributed by atoms with Crippen LogP contribution >= 0.6 is 0 Å². The van der Waals surface area contributed by atoms with E-state index in [0.717, 1.165) is 0 Å². The molecule has 0 aliphatic carbocycles. The highest BCUT2D eigenvalue weighted by Crippen LogP contribution is 2.43. The number of carbonyl (C=O) groups is 1. The summed E-state index contributed by atoms with van der Waals surface area (Å²) in [6, 6.07) is 20.9. The summed E-state index contributed by atoms with van der Waals surface area (Å²) in [6.45, 7) is -0.0777. The molecule has 0 aromatic heterocycles. The van der Waals surface area contributed by atoms with Gasteiger partial charge in [-0.3, -0.25) is 10.1 Å². The normalized spacial score (nSPS) is 13.6. The lowest BCUT2D eigenvalue weighted by Crippen LogP contribution is -2.45. The van der Waals surface area contributed by atoms with Crippen LogP contribution in [0.4, 0.5) is 5.69 Å².